The zero-order valence-corrected chi connectivity index (χ0v) is 16.8. The highest BCUT2D eigenvalue weighted by Gasteiger charge is 2.24. The standard InChI is InChI=1S/C21H32N2O4/c1-4-19(18-10-9-16-7-5-6-8-17(16)15-18)22-20(24)21(25)23(11-13-26-2)12-14-27-3/h9-10,15,19H,4-8,11-14H2,1-3H3,(H,22,24). The maximum Gasteiger partial charge on any atom is 0.312 e. The zero-order valence-electron chi connectivity index (χ0n) is 16.8. The average molecular weight is 376 g/mol. The van der Waals surface area contributed by atoms with E-state index in [0.29, 0.717) is 26.3 Å². The Balaban J connectivity index is 2.05. The lowest BCUT2D eigenvalue weighted by molar-refractivity contribution is -0.147. The van der Waals surface area contributed by atoms with E-state index in [1.54, 1.807) is 14.2 Å². The summed E-state index contributed by atoms with van der Waals surface area (Å²) < 4.78 is 10.1. The molecule has 1 aromatic carbocycles. The van der Waals surface area contributed by atoms with Crippen LogP contribution in [0, 0.1) is 0 Å². The largest absolute Gasteiger partial charge is 0.383 e. The quantitative estimate of drug-likeness (QED) is 0.671. The predicted molar refractivity (Wildman–Crippen MR) is 105 cm³/mol. The van der Waals surface area contributed by atoms with E-state index in [4.69, 9.17) is 9.47 Å². The molecule has 0 saturated carbocycles. The molecule has 1 unspecified atom stereocenters. The molecule has 27 heavy (non-hydrogen) atoms. The number of rotatable bonds is 9. The lowest BCUT2D eigenvalue weighted by Gasteiger charge is -2.24. The number of carbonyl (C=O) groups excluding carboxylic acids is 2. The zero-order chi connectivity index (χ0) is 19.6. The second kappa shape index (κ2) is 11.0. The first-order valence-electron chi connectivity index (χ1n) is 9.80. The molecule has 0 heterocycles. The number of nitrogens with one attached hydrogen (secondary N) is 1. The number of hydrogen-bond acceptors (Lipinski definition) is 4. The highest BCUT2D eigenvalue weighted by atomic mass is 16.5. The van der Waals surface area contributed by atoms with Gasteiger partial charge in [0, 0.05) is 27.3 Å². The first kappa shape index (κ1) is 21.4. The van der Waals surface area contributed by atoms with Gasteiger partial charge in [0.1, 0.15) is 0 Å². The van der Waals surface area contributed by atoms with Crippen LogP contribution < -0.4 is 5.32 Å². The van der Waals surface area contributed by atoms with E-state index in [0.717, 1.165) is 24.8 Å². The van der Waals surface area contributed by atoms with Crippen molar-refractivity contribution in [2.45, 2.75) is 45.1 Å². The molecule has 0 spiro atoms. The maximum absolute atomic E-state index is 12.6. The summed E-state index contributed by atoms with van der Waals surface area (Å²) in [4.78, 5) is 26.6. The third-order valence-corrected chi connectivity index (χ3v) is 5.10. The highest BCUT2D eigenvalue weighted by Crippen LogP contribution is 2.26. The Hall–Kier alpha value is -1.92. The van der Waals surface area contributed by atoms with Crippen molar-refractivity contribution in [3.63, 3.8) is 0 Å². The van der Waals surface area contributed by atoms with Crippen molar-refractivity contribution >= 4 is 11.8 Å². The molecule has 0 radical (unpaired) electrons. The smallest absolute Gasteiger partial charge is 0.312 e. The summed E-state index contributed by atoms with van der Waals surface area (Å²) in [6.45, 7) is 3.50. The molecule has 1 aromatic rings. The molecular weight excluding hydrogens is 344 g/mol. The van der Waals surface area contributed by atoms with Crippen LogP contribution in [0.1, 0.15) is 48.9 Å². The number of benzene rings is 1. The maximum atomic E-state index is 12.6. The van der Waals surface area contributed by atoms with Crippen LogP contribution in [0.25, 0.3) is 0 Å². The van der Waals surface area contributed by atoms with E-state index in [-0.39, 0.29) is 6.04 Å². The van der Waals surface area contributed by atoms with Crippen LogP contribution in [0.15, 0.2) is 18.2 Å². The fourth-order valence-electron chi connectivity index (χ4n) is 3.47. The fraction of sp³-hybridized carbons (Fsp3) is 0.619. The second-order valence-corrected chi connectivity index (χ2v) is 6.95. The number of amides is 2. The van der Waals surface area contributed by atoms with Crippen LogP contribution in [0.4, 0.5) is 0 Å². The Bertz CT molecular complexity index is 625. The molecule has 6 heteroatoms. The molecule has 2 rings (SSSR count). The van der Waals surface area contributed by atoms with Crippen LogP contribution in [0.3, 0.4) is 0 Å². The molecule has 0 aromatic heterocycles. The number of hydrogen-bond donors (Lipinski definition) is 1. The van der Waals surface area contributed by atoms with Crippen molar-refractivity contribution in [3.8, 4) is 0 Å². The normalized spacial score (nSPS) is 14.3. The topological polar surface area (TPSA) is 67.9 Å². The van der Waals surface area contributed by atoms with Gasteiger partial charge in [0.25, 0.3) is 0 Å². The Morgan fingerprint density at radius 2 is 1.70 bits per heavy atom. The minimum Gasteiger partial charge on any atom is -0.383 e. The van der Waals surface area contributed by atoms with Gasteiger partial charge >= 0.3 is 11.8 Å². The predicted octanol–water partition coefficient (Wildman–Crippen LogP) is 2.25. The number of fused-ring (bicyclic) bond motifs is 1. The molecule has 1 atom stereocenters. The third kappa shape index (κ3) is 6.04. The van der Waals surface area contributed by atoms with Gasteiger partial charge in [-0.2, -0.15) is 0 Å². The minimum atomic E-state index is -0.577. The van der Waals surface area contributed by atoms with Crippen LogP contribution in [0.2, 0.25) is 0 Å². The van der Waals surface area contributed by atoms with Crippen molar-refractivity contribution in [1.29, 1.82) is 0 Å². The lowest BCUT2D eigenvalue weighted by atomic mass is 9.89. The third-order valence-electron chi connectivity index (χ3n) is 5.10. The summed E-state index contributed by atoms with van der Waals surface area (Å²) in [5, 5.41) is 2.91. The molecule has 0 fully saturated rings. The molecule has 150 valence electrons. The molecule has 0 bridgehead atoms. The molecule has 1 aliphatic rings. The van der Waals surface area contributed by atoms with Gasteiger partial charge in [-0.15, -0.1) is 0 Å². The summed E-state index contributed by atoms with van der Waals surface area (Å²) >= 11 is 0. The van der Waals surface area contributed by atoms with Gasteiger partial charge in [-0.05, 0) is 48.8 Å². The molecule has 1 aliphatic carbocycles. The van der Waals surface area contributed by atoms with Crippen LogP contribution >= 0.6 is 0 Å². The van der Waals surface area contributed by atoms with Crippen molar-refractivity contribution in [2.75, 3.05) is 40.5 Å². The SMILES string of the molecule is CCC(NC(=O)C(=O)N(CCOC)CCOC)c1ccc2c(c1)CCCC2. The van der Waals surface area contributed by atoms with E-state index in [9.17, 15) is 9.59 Å². The summed E-state index contributed by atoms with van der Waals surface area (Å²) in [5.74, 6) is -1.12. The van der Waals surface area contributed by atoms with Crippen LogP contribution in [0.5, 0.6) is 0 Å². The number of methoxy groups -OCH3 is 2. The number of ether oxygens (including phenoxy) is 2. The van der Waals surface area contributed by atoms with Gasteiger partial charge in [-0.25, -0.2) is 0 Å². The monoisotopic (exact) mass is 376 g/mol. The Kier molecular flexibility index (Phi) is 8.75. The first-order chi connectivity index (χ1) is 13.1. The molecule has 1 N–H and O–H groups in total. The summed E-state index contributed by atoms with van der Waals surface area (Å²) in [7, 11) is 3.14. The summed E-state index contributed by atoms with van der Waals surface area (Å²) in [6.07, 6.45) is 5.41. The summed E-state index contributed by atoms with van der Waals surface area (Å²) in [6, 6.07) is 6.28. The lowest BCUT2D eigenvalue weighted by Crippen LogP contribution is -2.46. The van der Waals surface area contributed by atoms with E-state index in [1.807, 2.05) is 6.92 Å². The molecule has 0 aliphatic heterocycles. The average Bonchev–Trinajstić information content (AvgIpc) is 2.71. The van der Waals surface area contributed by atoms with Crippen molar-refractivity contribution in [3.05, 3.63) is 34.9 Å². The summed E-state index contributed by atoms with van der Waals surface area (Å²) in [5.41, 5.74) is 3.85. The Morgan fingerprint density at radius 3 is 2.30 bits per heavy atom. The second-order valence-electron chi connectivity index (χ2n) is 6.95. The van der Waals surface area contributed by atoms with Crippen LogP contribution in [-0.2, 0) is 31.9 Å². The van der Waals surface area contributed by atoms with Crippen molar-refractivity contribution < 1.29 is 19.1 Å². The highest BCUT2D eigenvalue weighted by molar-refractivity contribution is 6.35. The van der Waals surface area contributed by atoms with E-state index in [1.165, 1.54) is 28.9 Å². The van der Waals surface area contributed by atoms with Gasteiger partial charge < -0.3 is 19.7 Å². The number of aryl methyl sites for hydroxylation is 2. The van der Waals surface area contributed by atoms with E-state index in [2.05, 4.69) is 23.5 Å². The number of nitrogens with zero attached hydrogens (tertiary/aromatic N) is 1. The minimum absolute atomic E-state index is 0.166. The van der Waals surface area contributed by atoms with Gasteiger partial charge in [0.2, 0.25) is 0 Å². The molecule has 0 saturated heterocycles. The van der Waals surface area contributed by atoms with Crippen molar-refractivity contribution in [1.82, 2.24) is 10.2 Å². The van der Waals surface area contributed by atoms with E-state index < -0.39 is 11.8 Å². The molecule has 6 nitrogen and oxygen atoms in total. The van der Waals surface area contributed by atoms with Crippen molar-refractivity contribution in [2.24, 2.45) is 0 Å². The number of carbonyl (C=O) groups is 2. The molecule has 2 amide bonds. The fourth-order valence-corrected chi connectivity index (χ4v) is 3.47. The van der Waals surface area contributed by atoms with Gasteiger partial charge in [-0.3, -0.25) is 9.59 Å². The van der Waals surface area contributed by atoms with Crippen LogP contribution in [-0.4, -0.2) is 57.2 Å². The van der Waals surface area contributed by atoms with Gasteiger partial charge in [0.15, 0.2) is 0 Å². The Morgan fingerprint density at radius 1 is 1.07 bits per heavy atom. The van der Waals surface area contributed by atoms with Gasteiger partial charge in [0.05, 0.1) is 19.3 Å². The van der Waals surface area contributed by atoms with E-state index >= 15 is 0 Å². The first-order valence-corrected chi connectivity index (χ1v) is 9.80. The Labute approximate surface area is 162 Å². The van der Waals surface area contributed by atoms with Gasteiger partial charge in [-0.1, -0.05) is 25.1 Å². The molecular formula is C21H32N2O4.